The summed E-state index contributed by atoms with van der Waals surface area (Å²) >= 11 is 0. The second kappa shape index (κ2) is 2.38. The Hall–Kier alpha value is -0.235. The smallest absolute Gasteiger partial charge is 0.107 e. The molecule has 1 aliphatic rings. The maximum atomic E-state index is 5.81. The van der Waals surface area contributed by atoms with E-state index in [9.17, 15) is 0 Å². The summed E-state index contributed by atoms with van der Waals surface area (Å²) < 4.78 is 0. The first-order valence-electron chi connectivity index (χ1n) is 4.07. The zero-order valence-corrected chi connectivity index (χ0v) is 7.86. The van der Waals surface area contributed by atoms with E-state index >= 15 is 0 Å². The molecule has 0 bridgehead atoms. The molecule has 0 aromatic rings. The van der Waals surface area contributed by atoms with E-state index in [-0.39, 0.29) is 11.1 Å². The fourth-order valence-corrected chi connectivity index (χ4v) is 1.98. The van der Waals surface area contributed by atoms with Gasteiger partial charge in [-0.1, -0.05) is 6.08 Å². The van der Waals surface area contributed by atoms with Gasteiger partial charge >= 0.3 is 0 Å². The number of rotatable bonds is 0. The van der Waals surface area contributed by atoms with Gasteiger partial charge in [-0.3, -0.25) is 0 Å². The van der Waals surface area contributed by atoms with E-state index in [2.05, 4.69) is 39.1 Å². The quantitative estimate of drug-likeness (QED) is 0.515. The zero-order valence-electron chi connectivity index (χ0n) is 7.86. The fourth-order valence-electron chi connectivity index (χ4n) is 1.98. The van der Waals surface area contributed by atoms with Crippen molar-refractivity contribution in [2.45, 2.75) is 45.2 Å². The van der Waals surface area contributed by atoms with E-state index in [1.54, 1.807) is 0 Å². The second-order valence-electron chi connectivity index (χ2n) is 4.63. The average molecular weight is 149 g/mol. The van der Waals surface area contributed by atoms with E-state index in [0.29, 0.717) is 0 Å². The van der Waals surface area contributed by atoms with E-state index in [1.807, 2.05) is 0 Å². The Morgan fingerprint density at radius 1 is 1.36 bits per heavy atom. The standard InChI is InChI=1S/C9H16BN/c1-8(2)5-7(10)6-9(3,4)11-8/h5,11H,6H2,1-4H3. The van der Waals surface area contributed by atoms with Crippen molar-refractivity contribution in [3.05, 3.63) is 11.5 Å². The van der Waals surface area contributed by atoms with Crippen LogP contribution >= 0.6 is 0 Å². The van der Waals surface area contributed by atoms with Crippen molar-refractivity contribution in [3.63, 3.8) is 0 Å². The van der Waals surface area contributed by atoms with Gasteiger partial charge in [-0.05, 0) is 34.1 Å². The highest BCUT2D eigenvalue weighted by atomic mass is 15.0. The third-order valence-corrected chi connectivity index (χ3v) is 1.85. The summed E-state index contributed by atoms with van der Waals surface area (Å²) in [5, 5.41) is 3.51. The molecule has 1 rings (SSSR count). The molecule has 0 atom stereocenters. The molecule has 11 heavy (non-hydrogen) atoms. The third-order valence-electron chi connectivity index (χ3n) is 1.85. The molecule has 0 spiro atoms. The Morgan fingerprint density at radius 3 is 2.27 bits per heavy atom. The van der Waals surface area contributed by atoms with Crippen LogP contribution in [-0.2, 0) is 0 Å². The molecule has 0 aromatic carbocycles. The van der Waals surface area contributed by atoms with Gasteiger partial charge in [0.1, 0.15) is 7.85 Å². The van der Waals surface area contributed by atoms with Crippen LogP contribution in [0, 0.1) is 0 Å². The van der Waals surface area contributed by atoms with E-state index in [0.717, 1.165) is 11.9 Å². The lowest BCUT2D eigenvalue weighted by Crippen LogP contribution is -2.54. The van der Waals surface area contributed by atoms with Gasteiger partial charge in [0.15, 0.2) is 0 Å². The molecule has 1 nitrogen and oxygen atoms in total. The minimum atomic E-state index is 0.0475. The Morgan fingerprint density at radius 2 is 1.91 bits per heavy atom. The Labute approximate surface area is 70.7 Å². The van der Waals surface area contributed by atoms with Crippen LogP contribution in [0.5, 0.6) is 0 Å². The predicted octanol–water partition coefficient (Wildman–Crippen LogP) is 1.59. The molecular weight excluding hydrogens is 133 g/mol. The summed E-state index contributed by atoms with van der Waals surface area (Å²) in [5.41, 5.74) is 1.19. The first-order chi connectivity index (χ1) is 4.81. The van der Waals surface area contributed by atoms with Crippen LogP contribution in [0.25, 0.3) is 0 Å². The van der Waals surface area contributed by atoms with Gasteiger partial charge < -0.3 is 5.32 Å². The van der Waals surface area contributed by atoms with E-state index in [4.69, 9.17) is 7.85 Å². The van der Waals surface area contributed by atoms with Crippen LogP contribution in [0.3, 0.4) is 0 Å². The Bertz CT molecular complexity index is 192. The molecule has 60 valence electrons. The molecule has 0 saturated carbocycles. The highest BCUT2D eigenvalue weighted by molar-refractivity contribution is 6.21. The monoisotopic (exact) mass is 149 g/mol. The topological polar surface area (TPSA) is 12.0 Å². The molecule has 0 aliphatic carbocycles. The van der Waals surface area contributed by atoms with Crippen LogP contribution in [-0.4, -0.2) is 18.9 Å². The summed E-state index contributed by atoms with van der Waals surface area (Å²) in [6.07, 6.45) is 3.04. The second-order valence-corrected chi connectivity index (χ2v) is 4.63. The van der Waals surface area contributed by atoms with Gasteiger partial charge in [0, 0.05) is 11.1 Å². The van der Waals surface area contributed by atoms with Crippen molar-refractivity contribution >= 4 is 7.85 Å². The van der Waals surface area contributed by atoms with Crippen LogP contribution < -0.4 is 5.32 Å². The van der Waals surface area contributed by atoms with Gasteiger partial charge in [0.25, 0.3) is 0 Å². The molecule has 0 aromatic heterocycles. The lowest BCUT2D eigenvalue weighted by molar-refractivity contribution is 0.288. The first kappa shape index (κ1) is 8.86. The number of nitrogens with one attached hydrogen (secondary N) is 1. The lowest BCUT2D eigenvalue weighted by atomic mass is 9.76. The minimum absolute atomic E-state index is 0.0475. The van der Waals surface area contributed by atoms with Crippen LogP contribution in [0.1, 0.15) is 34.1 Å². The normalized spacial score (nSPS) is 27.8. The maximum absolute atomic E-state index is 5.81. The lowest BCUT2D eigenvalue weighted by Gasteiger charge is -2.41. The molecule has 0 unspecified atom stereocenters. The van der Waals surface area contributed by atoms with Crippen molar-refractivity contribution < 1.29 is 0 Å². The minimum Gasteiger partial charge on any atom is -0.303 e. The van der Waals surface area contributed by atoms with E-state index in [1.165, 1.54) is 0 Å². The Balaban J connectivity index is 2.86. The fraction of sp³-hybridized carbons (Fsp3) is 0.778. The van der Waals surface area contributed by atoms with Crippen molar-refractivity contribution in [2.24, 2.45) is 0 Å². The predicted molar refractivity (Wildman–Crippen MR) is 49.7 cm³/mol. The Kier molecular flexibility index (Phi) is 1.91. The molecule has 2 heteroatoms. The molecule has 1 aliphatic heterocycles. The van der Waals surface area contributed by atoms with Gasteiger partial charge in [-0.25, -0.2) is 0 Å². The summed E-state index contributed by atoms with van der Waals surface area (Å²) in [6, 6.07) is 0. The molecule has 0 fully saturated rings. The number of hydrogen-bond acceptors (Lipinski definition) is 1. The summed E-state index contributed by atoms with van der Waals surface area (Å²) in [7, 11) is 5.81. The molecule has 1 heterocycles. The average Bonchev–Trinajstić information content (AvgIpc) is 1.49. The summed E-state index contributed by atoms with van der Waals surface area (Å²) in [5.74, 6) is 0. The SMILES string of the molecule is [B]C1=CC(C)(C)NC(C)(C)C1. The van der Waals surface area contributed by atoms with Crippen molar-refractivity contribution in [3.8, 4) is 0 Å². The summed E-state index contributed by atoms with van der Waals surface area (Å²) in [4.78, 5) is 0. The largest absolute Gasteiger partial charge is 0.303 e. The maximum Gasteiger partial charge on any atom is 0.107 e. The molecule has 2 radical (unpaired) electrons. The molecule has 0 amide bonds. The highest BCUT2D eigenvalue weighted by Gasteiger charge is 2.29. The summed E-state index contributed by atoms with van der Waals surface area (Å²) in [6.45, 7) is 8.63. The van der Waals surface area contributed by atoms with Gasteiger partial charge in [0.05, 0.1) is 0 Å². The van der Waals surface area contributed by atoms with Crippen molar-refractivity contribution in [2.75, 3.05) is 0 Å². The van der Waals surface area contributed by atoms with Crippen LogP contribution in [0.2, 0.25) is 0 Å². The third kappa shape index (κ3) is 2.37. The van der Waals surface area contributed by atoms with Gasteiger partial charge in [-0.2, -0.15) is 0 Å². The molecule has 0 saturated heterocycles. The van der Waals surface area contributed by atoms with Crippen molar-refractivity contribution in [1.29, 1.82) is 0 Å². The zero-order chi connectivity index (χ0) is 8.70. The van der Waals surface area contributed by atoms with E-state index < -0.39 is 0 Å². The van der Waals surface area contributed by atoms with Gasteiger partial charge in [0.2, 0.25) is 0 Å². The van der Waals surface area contributed by atoms with Gasteiger partial charge in [-0.15, -0.1) is 5.47 Å². The first-order valence-corrected chi connectivity index (χ1v) is 4.07. The van der Waals surface area contributed by atoms with Crippen LogP contribution in [0.15, 0.2) is 11.5 Å². The van der Waals surface area contributed by atoms with Crippen LogP contribution in [0.4, 0.5) is 0 Å². The molecular formula is C9H16BN. The highest BCUT2D eigenvalue weighted by Crippen LogP contribution is 2.25. The van der Waals surface area contributed by atoms with Crippen molar-refractivity contribution in [1.82, 2.24) is 5.32 Å². The number of hydrogen-bond donors (Lipinski definition) is 1. The molecule has 1 N–H and O–H groups in total.